The molecular weight excluding hydrogens is 244 g/mol. The molecule has 1 saturated heterocycles. The zero-order chi connectivity index (χ0) is 13.8. The van der Waals surface area contributed by atoms with Crippen LogP contribution in [0.15, 0.2) is 17.1 Å². The van der Waals surface area contributed by atoms with E-state index in [4.69, 9.17) is 4.74 Å². The number of hydrogen-bond donors (Lipinski definition) is 1. The Bertz CT molecular complexity index is 476. The maximum absolute atomic E-state index is 11.6. The molecule has 1 N–H and O–H groups in total. The van der Waals surface area contributed by atoms with Crippen LogP contribution in [0.25, 0.3) is 0 Å². The average molecular weight is 266 g/mol. The van der Waals surface area contributed by atoms with Crippen molar-refractivity contribution in [3.8, 4) is 5.75 Å². The number of aromatic hydroxyl groups is 1. The van der Waals surface area contributed by atoms with Crippen molar-refractivity contribution in [2.45, 2.75) is 26.9 Å². The molecule has 0 saturated carbocycles. The highest BCUT2D eigenvalue weighted by Crippen LogP contribution is 2.12. The minimum absolute atomic E-state index is 0.175. The van der Waals surface area contributed by atoms with Crippen molar-refractivity contribution in [3.63, 3.8) is 0 Å². The van der Waals surface area contributed by atoms with Gasteiger partial charge in [0.2, 0.25) is 5.43 Å². The fraction of sp³-hybridized carbons (Fsp3) is 0.643. The van der Waals surface area contributed by atoms with Gasteiger partial charge in [0, 0.05) is 37.9 Å². The molecule has 0 bridgehead atoms. The zero-order valence-electron chi connectivity index (χ0n) is 11.6. The highest BCUT2D eigenvalue weighted by atomic mass is 16.5. The molecule has 0 aromatic carbocycles. The predicted octanol–water partition coefficient (Wildman–Crippen LogP) is 1.04. The summed E-state index contributed by atoms with van der Waals surface area (Å²) in [5.74, 6) is 0.289. The summed E-state index contributed by atoms with van der Waals surface area (Å²) >= 11 is 0. The van der Waals surface area contributed by atoms with Gasteiger partial charge in [0.1, 0.15) is 0 Å². The lowest BCUT2D eigenvalue weighted by atomic mass is 10.2. The van der Waals surface area contributed by atoms with Gasteiger partial charge in [0.15, 0.2) is 5.75 Å². The maximum Gasteiger partial charge on any atom is 0.223 e. The lowest BCUT2D eigenvalue weighted by Crippen LogP contribution is -2.36. The minimum Gasteiger partial charge on any atom is -0.503 e. The number of nitrogens with zero attached hydrogens (tertiary/aromatic N) is 2. The fourth-order valence-electron chi connectivity index (χ4n) is 2.29. The van der Waals surface area contributed by atoms with Gasteiger partial charge >= 0.3 is 0 Å². The second-order valence-corrected chi connectivity index (χ2v) is 5.45. The molecular formula is C14H22N2O3. The minimum atomic E-state index is -0.303. The average Bonchev–Trinajstić information content (AvgIpc) is 2.36. The van der Waals surface area contributed by atoms with Crippen LogP contribution in [0.4, 0.5) is 0 Å². The molecule has 1 aromatic rings. The lowest BCUT2D eigenvalue weighted by molar-refractivity contribution is 0.0330. The first-order valence-corrected chi connectivity index (χ1v) is 6.78. The van der Waals surface area contributed by atoms with E-state index >= 15 is 0 Å². The summed E-state index contributed by atoms with van der Waals surface area (Å²) in [6.45, 7) is 9.02. The summed E-state index contributed by atoms with van der Waals surface area (Å²) in [6, 6.07) is 1.55. The van der Waals surface area contributed by atoms with Crippen molar-refractivity contribution in [1.29, 1.82) is 0 Å². The molecule has 0 unspecified atom stereocenters. The first-order chi connectivity index (χ1) is 9.06. The van der Waals surface area contributed by atoms with E-state index in [0.29, 0.717) is 5.92 Å². The Morgan fingerprint density at radius 3 is 2.68 bits per heavy atom. The third-order valence-corrected chi connectivity index (χ3v) is 3.25. The lowest BCUT2D eigenvalue weighted by Gasteiger charge is -2.28. The molecule has 2 rings (SSSR count). The Labute approximate surface area is 113 Å². The molecule has 2 heterocycles. The summed E-state index contributed by atoms with van der Waals surface area (Å²) in [5, 5.41) is 9.58. The summed E-state index contributed by atoms with van der Waals surface area (Å²) in [5.41, 5.74) is 0.654. The van der Waals surface area contributed by atoms with Crippen molar-refractivity contribution >= 4 is 0 Å². The first-order valence-electron chi connectivity index (χ1n) is 6.78. The molecule has 106 valence electrons. The second kappa shape index (κ2) is 6.21. The SMILES string of the molecule is CC(C)Cn1cc(O)c(=O)cc1CN1CCOCC1. The summed E-state index contributed by atoms with van der Waals surface area (Å²) in [7, 11) is 0. The van der Waals surface area contributed by atoms with E-state index in [-0.39, 0.29) is 11.2 Å². The molecule has 1 aliphatic heterocycles. The number of pyridine rings is 1. The molecule has 0 atom stereocenters. The molecule has 1 aromatic heterocycles. The van der Waals surface area contributed by atoms with Crippen LogP contribution in [0.2, 0.25) is 0 Å². The Balaban J connectivity index is 2.20. The van der Waals surface area contributed by atoms with Gasteiger partial charge in [-0.3, -0.25) is 9.69 Å². The van der Waals surface area contributed by atoms with E-state index in [2.05, 4.69) is 18.7 Å². The van der Waals surface area contributed by atoms with Gasteiger partial charge in [0.05, 0.1) is 19.4 Å². The maximum atomic E-state index is 11.6. The molecule has 0 radical (unpaired) electrons. The van der Waals surface area contributed by atoms with Gasteiger partial charge in [-0.2, -0.15) is 0 Å². The molecule has 1 fully saturated rings. The van der Waals surface area contributed by atoms with Crippen LogP contribution in [-0.4, -0.2) is 40.9 Å². The van der Waals surface area contributed by atoms with Crippen LogP contribution in [0.3, 0.4) is 0 Å². The fourth-order valence-corrected chi connectivity index (χ4v) is 2.29. The van der Waals surface area contributed by atoms with Crippen molar-refractivity contribution in [1.82, 2.24) is 9.47 Å². The number of morpholine rings is 1. The third-order valence-electron chi connectivity index (χ3n) is 3.25. The van der Waals surface area contributed by atoms with Crippen LogP contribution >= 0.6 is 0 Å². The summed E-state index contributed by atoms with van der Waals surface area (Å²) < 4.78 is 7.31. The Kier molecular flexibility index (Phi) is 4.61. The van der Waals surface area contributed by atoms with Gasteiger partial charge in [-0.1, -0.05) is 13.8 Å². The van der Waals surface area contributed by atoms with Gasteiger partial charge in [0.25, 0.3) is 0 Å². The highest BCUT2D eigenvalue weighted by molar-refractivity contribution is 5.20. The normalized spacial score (nSPS) is 17.0. The van der Waals surface area contributed by atoms with E-state index in [1.165, 1.54) is 0 Å². The third kappa shape index (κ3) is 3.81. The molecule has 0 aliphatic carbocycles. The Hall–Kier alpha value is -1.33. The van der Waals surface area contributed by atoms with E-state index in [1.807, 2.05) is 4.57 Å². The topological polar surface area (TPSA) is 54.7 Å². The van der Waals surface area contributed by atoms with Crippen LogP contribution in [0, 0.1) is 5.92 Å². The Morgan fingerprint density at radius 1 is 1.37 bits per heavy atom. The van der Waals surface area contributed by atoms with Gasteiger partial charge in [-0.25, -0.2) is 0 Å². The molecule has 5 nitrogen and oxygen atoms in total. The zero-order valence-corrected chi connectivity index (χ0v) is 11.6. The smallest absolute Gasteiger partial charge is 0.223 e. The highest BCUT2D eigenvalue weighted by Gasteiger charge is 2.14. The summed E-state index contributed by atoms with van der Waals surface area (Å²) in [4.78, 5) is 13.9. The number of hydrogen-bond acceptors (Lipinski definition) is 4. The standard InChI is InChI=1S/C14H22N2O3/c1-11(2)8-16-10-14(18)13(17)7-12(16)9-15-3-5-19-6-4-15/h7,10-11,18H,3-6,8-9H2,1-2H3. The molecule has 5 heteroatoms. The van der Waals surface area contributed by atoms with Gasteiger partial charge in [-0.15, -0.1) is 0 Å². The van der Waals surface area contributed by atoms with E-state index in [9.17, 15) is 9.90 Å². The number of rotatable bonds is 4. The summed E-state index contributed by atoms with van der Waals surface area (Å²) in [6.07, 6.45) is 1.55. The van der Waals surface area contributed by atoms with Crippen LogP contribution in [-0.2, 0) is 17.8 Å². The van der Waals surface area contributed by atoms with Crippen LogP contribution in [0.1, 0.15) is 19.5 Å². The predicted molar refractivity (Wildman–Crippen MR) is 73.3 cm³/mol. The number of ether oxygens (including phenoxy) is 1. The largest absolute Gasteiger partial charge is 0.503 e. The van der Waals surface area contributed by atoms with Crippen LogP contribution in [0.5, 0.6) is 5.75 Å². The monoisotopic (exact) mass is 266 g/mol. The van der Waals surface area contributed by atoms with Crippen molar-refractivity contribution in [2.75, 3.05) is 26.3 Å². The van der Waals surface area contributed by atoms with Gasteiger partial charge < -0.3 is 14.4 Å². The quantitative estimate of drug-likeness (QED) is 0.885. The molecule has 0 spiro atoms. The van der Waals surface area contributed by atoms with E-state index in [1.54, 1.807) is 12.3 Å². The Morgan fingerprint density at radius 2 is 2.05 bits per heavy atom. The van der Waals surface area contributed by atoms with Crippen molar-refractivity contribution in [3.05, 3.63) is 28.2 Å². The molecule has 1 aliphatic rings. The molecule has 19 heavy (non-hydrogen) atoms. The first kappa shape index (κ1) is 14.1. The van der Waals surface area contributed by atoms with Gasteiger partial charge in [-0.05, 0) is 5.92 Å². The van der Waals surface area contributed by atoms with E-state index in [0.717, 1.165) is 45.1 Å². The van der Waals surface area contributed by atoms with Crippen molar-refractivity contribution in [2.24, 2.45) is 5.92 Å². The van der Waals surface area contributed by atoms with Crippen LogP contribution < -0.4 is 5.43 Å². The number of aromatic nitrogens is 1. The van der Waals surface area contributed by atoms with Crippen molar-refractivity contribution < 1.29 is 9.84 Å². The molecule has 0 amide bonds. The van der Waals surface area contributed by atoms with E-state index < -0.39 is 0 Å². The second-order valence-electron chi connectivity index (χ2n) is 5.45.